The Morgan fingerprint density at radius 1 is 0.308 bits per heavy atom. The van der Waals surface area contributed by atoms with E-state index in [1.807, 2.05) is 0 Å². The summed E-state index contributed by atoms with van der Waals surface area (Å²) in [6, 6.07) is 84.8. The van der Waals surface area contributed by atoms with Gasteiger partial charge in [-0.2, -0.15) is 0 Å². The average molecular weight is 838 g/mol. The highest BCUT2D eigenvalue weighted by atomic mass is 15.1. The fourth-order valence-electron chi connectivity index (χ4n) is 11.3. The molecule has 2 aliphatic carbocycles. The molecule has 0 bridgehead atoms. The quantitative estimate of drug-likeness (QED) is 0.155. The molecule has 2 aliphatic rings. The van der Waals surface area contributed by atoms with Crippen molar-refractivity contribution in [1.82, 2.24) is 0 Å². The highest BCUT2D eigenvalue weighted by molar-refractivity contribution is 5.95. The Morgan fingerprint density at radius 2 is 0.723 bits per heavy atom. The number of fused-ring (bicyclic) bond motifs is 6. The number of hydrogen-bond acceptors (Lipinski definition) is 1. The largest absolute Gasteiger partial charge is 0.310 e. The van der Waals surface area contributed by atoms with Gasteiger partial charge in [-0.1, -0.05) is 236 Å². The SMILES string of the molecule is CC(C)(C)c1ccc(C2(c3ccccc3)c3ccccc3-c3ccc(N(c4ccccc4)c4cccc5c4C(c4ccccc4)(c4ccc(C(C)(C)C)cc4)c4ccccc4-5)cc32)cc1. The molecule has 0 radical (unpaired) electrons. The molecule has 0 fully saturated rings. The monoisotopic (exact) mass is 837 g/mol. The lowest BCUT2D eigenvalue weighted by Crippen LogP contribution is -2.31. The first-order chi connectivity index (χ1) is 31.5. The van der Waals surface area contributed by atoms with Gasteiger partial charge in [0.2, 0.25) is 0 Å². The van der Waals surface area contributed by atoms with Crippen LogP contribution in [-0.4, -0.2) is 0 Å². The lowest BCUT2D eigenvalue weighted by Gasteiger charge is -2.38. The van der Waals surface area contributed by atoms with E-state index < -0.39 is 10.8 Å². The van der Waals surface area contributed by atoms with Crippen molar-refractivity contribution in [1.29, 1.82) is 0 Å². The maximum atomic E-state index is 2.54. The molecule has 0 aromatic heterocycles. The highest BCUT2D eigenvalue weighted by Crippen LogP contribution is 2.62. The van der Waals surface area contributed by atoms with Gasteiger partial charge in [0.05, 0.1) is 16.5 Å². The van der Waals surface area contributed by atoms with Crippen molar-refractivity contribution < 1.29 is 0 Å². The lowest BCUT2D eigenvalue weighted by atomic mass is 9.66. The van der Waals surface area contributed by atoms with E-state index in [0.717, 1.165) is 17.1 Å². The van der Waals surface area contributed by atoms with Crippen LogP contribution in [0.2, 0.25) is 0 Å². The maximum Gasteiger partial charge on any atom is 0.0734 e. The van der Waals surface area contributed by atoms with Crippen LogP contribution in [0.5, 0.6) is 0 Å². The molecular weight excluding hydrogens is 783 g/mol. The standard InChI is InChI=1S/C64H55N/c1-61(2,3)44-33-37-48(38-34-44)63(46-21-10-7-11-22-46)56-30-18-16-27-52(56)54-42-41-51(43-58(54)63)65(50-25-14-9-15-26-50)59-32-20-29-55-53-28-17-19-31-57(53)64(60(55)59,47-23-12-8-13-24-47)49-39-35-45(36-40-49)62(4,5)6/h7-43H,1-6H3. The second-order valence-corrected chi connectivity index (χ2v) is 20.1. The van der Waals surface area contributed by atoms with E-state index >= 15 is 0 Å². The number of benzene rings is 9. The fourth-order valence-corrected chi connectivity index (χ4v) is 11.3. The summed E-state index contributed by atoms with van der Waals surface area (Å²) >= 11 is 0. The number of hydrogen-bond donors (Lipinski definition) is 0. The third kappa shape index (κ3) is 6.20. The average Bonchev–Trinajstić information content (AvgIpc) is 3.81. The first-order valence-corrected chi connectivity index (χ1v) is 23.2. The summed E-state index contributed by atoms with van der Waals surface area (Å²) in [6.07, 6.45) is 0. The van der Waals surface area contributed by atoms with Gasteiger partial charge in [0, 0.05) is 16.9 Å². The minimum atomic E-state index is -0.608. The van der Waals surface area contributed by atoms with Crippen LogP contribution in [-0.2, 0) is 21.7 Å². The molecule has 0 saturated heterocycles. The molecule has 1 nitrogen and oxygen atoms in total. The topological polar surface area (TPSA) is 3.24 Å². The second kappa shape index (κ2) is 15.2. The highest BCUT2D eigenvalue weighted by Gasteiger charge is 2.50. The Kier molecular flexibility index (Phi) is 9.49. The minimum Gasteiger partial charge on any atom is -0.310 e. The van der Waals surface area contributed by atoms with Gasteiger partial charge in [0.15, 0.2) is 0 Å². The van der Waals surface area contributed by atoms with Crippen LogP contribution >= 0.6 is 0 Å². The van der Waals surface area contributed by atoms with Gasteiger partial charge >= 0.3 is 0 Å². The Labute approximate surface area is 385 Å². The van der Waals surface area contributed by atoms with Crippen molar-refractivity contribution in [3.63, 3.8) is 0 Å². The molecule has 0 aliphatic heterocycles. The van der Waals surface area contributed by atoms with Crippen molar-refractivity contribution >= 4 is 17.1 Å². The Hall–Kier alpha value is -7.22. The van der Waals surface area contributed by atoms with E-state index in [-0.39, 0.29) is 10.8 Å². The summed E-state index contributed by atoms with van der Waals surface area (Å²) in [7, 11) is 0. The van der Waals surface area contributed by atoms with Crippen LogP contribution in [0, 0.1) is 0 Å². The van der Waals surface area contributed by atoms with Crippen LogP contribution in [0.3, 0.4) is 0 Å². The summed E-state index contributed by atoms with van der Waals surface area (Å²) in [5.74, 6) is 0. The Morgan fingerprint density at radius 3 is 1.28 bits per heavy atom. The first kappa shape index (κ1) is 40.5. The molecule has 0 heterocycles. The fraction of sp³-hybridized carbons (Fsp3) is 0.156. The number of para-hydroxylation sites is 1. The summed E-state index contributed by atoms with van der Waals surface area (Å²) in [5, 5.41) is 0. The molecule has 0 amide bonds. The van der Waals surface area contributed by atoms with Crippen molar-refractivity contribution in [3.05, 3.63) is 280 Å². The molecule has 2 atom stereocenters. The molecule has 316 valence electrons. The van der Waals surface area contributed by atoms with E-state index in [1.165, 1.54) is 77.9 Å². The van der Waals surface area contributed by atoms with E-state index in [1.54, 1.807) is 0 Å². The zero-order valence-electron chi connectivity index (χ0n) is 38.3. The lowest BCUT2D eigenvalue weighted by molar-refractivity contribution is 0.589. The van der Waals surface area contributed by atoms with Crippen LogP contribution in [0.15, 0.2) is 224 Å². The van der Waals surface area contributed by atoms with Gasteiger partial charge < -0.3 is 4.90 Å². The van der Waals surface area contributed by atoms with Crippen LogP contribution in [0.25, 0.3) is 22.3 Å². The van der Waals surface area contributed by atoms with Gasteiger partial charge in [0.25, 0.3) is 0 Å². The van der Waals surface area contributed by atoms with Crippen LogP contribution in [0.4, 0.5) is 17.1 Å². The zero-order valence-corrected chi connectivity index (χ0v) is 38.3. The van der Waals surface area contributed by atoms with Gasteiger partial charge in [-0.15, -0.1) is 0 Å². The zero-order chi connectivity index (χ0) is 44.6. The molecule has 0 spiro atoms. The molecule has 11 rings (SSSR count). The predicted octanol–water partition coefficient (Wildman–Crippen LogP) is 16.5. The third-order valence-electron chi connectivity index (χ3n) is 14.4. The Balaban J connectivity index is 1.22. The smallest absolute Gasteiger partial charge is 0.0734 e. The van der Waals surface area contributed by atoms with Crippen molar-refractivity contribution in [2.45, 2.75) is 63.2 Å². The number of nitrogens with zero attached hydrogens (tertiary/aromatic N) is 1. The van der Waals surface area contributed by atoms with Gasteiger partial charge in [-0.3, -0.25) is 0 Å². The number of rotatable bonds is 7. The second-order valence-electron chi connectivity index (χ2n) is 20.1. The minimum absolute atomic E-state index is 0.0238. The first-order valence-electron chi connectivity index (χ1n) is 23.2. The van der Waals surface area contributed by atoms with E-state index in [0.29, 0.717) is 0 Å². The van der Waals surface area contributed by atoms with Crippen molar-refractivity contribution in [2.24, 2.45) is 0 Å². The molecule has 2 unspecified atom stereocenters. The molecule has 9 aromatic rings. The van der Waals surface area contributed by atoms with Crippen LogP contribution in [0.1, 0.15) is 97.2 Å². The summed E-state index contributed by atoms with van der Waals surface area (Å²) in [5.41, 5.74) is 20.2. The van der Waals surface area contributed by atoms with Gasteiger partial charge in [0.1, 0.15) is 0 Å². The molecule has 0 N–H and O–H groups in total. The third-order valence-corrected chi connectivity index (χ3v) is 14.4. The van der Waals surface area contributed by atoms with E-state index in [4.69, 9.17) is 0 Å². The van der Waals surface area contributed by atoms with E-state index in [9.17, 15) is 0 Å². The summed E-state index contributed by atoms with van der Waals surface area (Å²) < 4.78 is 0. The Bertz CT molecular complexity index is 3190. The van der Waals surface area contributed by atoms with Crippen molar-refractivity contribution in [3.8, 4) is 22.3 Å². The summed E-state index contributed by atoms with van der Waals surface area (Å²) in [4.78, 5) is 2.54. The normalized spacial score (nSPS) is 17.2. The van der Waals surface area contributed by atoms with E-state index in [2.05, 4.69) is 271 Å². The molecule has 0 saturated carbocycles. The molecular formula is C64H55N. The van der Waals surface area contributed by atoms with Gasteiger partial charge in [-0.05, 0) is 113 Å². The van der Waals surface area contributed by atoms with Crippen molar-refractivity contribution in [2.75, 3.05) is 4.90 Å². The molecule has 9 aromatic carbocycles. The molecule has 65 heavy (non-hydrogen) atoms. The summed E-state index contributed by atoms with van der Waals surface area (Å²) in [6.45, 7) is 13.8. The molecule has 1 heteroatoms. The predicted molar refractivity (Wildman–Crippen MR) is 273 cm³/mol. The van der Waals surface area contributed by atoms with Gasteiger partial charge in [-0.25, -0.2) is 0 Å². The maximum absolute atomic E-state index is 2.54. The van der Waals surface area contributed by atoms with Crippen LogP contribution < -0.4 is 4.90 Å². The number of anilines is 3.